The Morgan fingerprint density at radius 3 is 2.47 bits per heavy atom. The van der Waals surface area contributed by atoms with Crippen molar-refractivity contribution in [3.05, 3.63) is 95.9 Å². The second kappa shape index (κ2) is 10.2. The molecule has 0 aliphatic heterocycles. The summed E-state index contributed by atoms with van der Waals surface area (Å²) in [6.45, 7) is 2.71. The number of thioether (sulfide) groups is 1. The van der Waals surface area contributed by atoms with Crippen LogP contribution in [-0.2, 0) is 17.8 Å². The molecule has 0 radical (unpaired) electrons. The van der Waals surface area contributed by atoms with E-state index in [1.54, 1.807) is 0 Å². The van der Waals surface area contributed by atoms with Crippen molar-refractivity contribution in [2.24, 2.45) is 0 Å². The van der Waals surface area contributed by atoms with E-state index in [0.29, 0.717) is 5.13 Å². The Kier molecular flexibility index (Phi) is 6.74. The van der Waals surface area contributed by atoms with Gasteiger partial charge in [0.25, 0.3) is 0 Å². The molecule has 170 valence electrons. The molecule has 5 rings (SSSR count). The molecule has 7 heteroatoms. The third-order valence-corrected chi connectivity index (χ3v) is 7.39. The van der Waals surface area contributed by atoms with Gasteiger partial charge in [-0.05, 0) is 31.0 Å². The maximum atomic E-state index is 13.0. The van der Waals surface area contributed by atoms with Gasteiger partial charge in [-0.3, -0.25) is 4.79 Å². The molecular weight excluding hydrogens is 460 g/mol. The number of imidazole rings is 1. The zero-order chi connectivity index (χ0) is 23.3. The standard InChI is InChI=1S/C27H24N4OS2/c1-19(25(32)30-26-28-23(18-33-26)21-12-6-3-7-13-21)34-27-29-22-14-8-9-15-24(22)31(27)17-16-20-10-4-2-5-11-20/h2-15,18-19H,16-17H2,1H3,(H,28,30,32)/t19-/m0/s1. The van der Waals surface area contributed by atoms with Crippen molar-refractivity contribution in [2.75, 3.05) is 5.32 Å². The van der Waals surface area contributed by atoms with Crippen molar-refractivity contribution in [1.29, 1.82) is 0 Å². The third kappa shape index (κ3) is 5.05. The van der Waals surface area contributed by atoms with Gasteiger partial charge in [0.05, 0.1) is 22.0 Å². The summed E-state index contributed by atoms with van der Waals surface area (Å²) in [6, 6.07) is 28.5. The molecule has 0 spiro atoms. The number of nitrogens with zero attached hydrogens (tertiary/aromatic N) is 3. The molecule has 5 aromatic rings. The Labute approximate surface area is 206 Å². The van der Waals surface area contributed by atoms with Crippen LogP contribution in [0.15, 0.2) is 95.5 Å². The molecule has 0 saturated heterocycles. The fourth-order valence-corrected chi connectivity index (χ4v) is 5.41. The van der Waals surface area contributed by atoms with E-state index in [1.165, 1.54) is 28.7 Å². The number of nitrogens with one attached hydrogen (secondary N) is 1. The van der Waals surface area contributed by atoms with Crippen LogP contribution in [0.1, 0.15) is 12.5 Å². The number of amides is 1. The molecule has 0 unspecified atom stereocenters. The van der Waals surface area contributed by atoms with E-state index in [9.17, 15) is 4.79 Å². The van der Waals surface area contributed by atoms with E-state index in [-0.39, 0.29) is 11.2 Å². The number of carbonyl (C=O) groups is 1. The van der Waals surface area contributed by atoms with Gasteiger partial charge >= 0.3 is 0 Å². The molecule has 2 aromatic heterocycles. The third-order valence-electron chi connectivity index (χ3n) is 5.54. The summed E-state index contributed by atoms with van der Waals surface area (Å²) in [6.07, 6.45) is 0.900. The normalized spacial score (nSPS) is 12.0. The van der Waals surface area contributed by atoms with Crippen LogP contribution in [0, 0.1) is 0 Å². The van der Waals surface area contributed by atoms with Crippen molar-refractivity contribution in [3.63, 3.8) is 0 Å². The zero-order valence-electron chi connectivity index (χ0n) is 18.7. The fourth-order valence-electron chi connectivity index (χ4n) is 3.74. The minimum atomic E-state index is -0.323. The van der Waals surface area contributed by atoms with E-state index >= 15 is 0 Å². The number of aromatic nitrogens is 3. The van der Waals surface area contributed by atoms with Crippen LogP contribution in [0.4, 0.5) is 5.13 Å². The number of rotatable bonds is 8. The SMILES string of the molecule is C[C@H](Sc1nc2ccccc2n1CCc1ccccc1)C(=O)Nc1nc(-c2ccccc2)cs1. The van der Waals surface area contributed by atoms with Crippen LogP contribution in [-0.4, -0.2) is 25.7 Å². The van der Waals surface area contributed by atoms with Gasteiger partial charge in [-0.25, -0.2) is 9.97 Å². The number of thiazole rings is 1. The largest absolute Gasteiger partial charge is 0.319 e. The Morgan fingerprint density at radius 2 is 1.68 bits per heavy atom. The lowest BCUT2D eigenvalue weighted by molar-refractivity contribution is -0.115. The maximum Gasteiger partial charge on any atom is 0.239 e. The van der Waals surface area contributed by atoms with E-state index in [1.807, 2.05) is 66.9 Å². The van der Waals surface area contributed by atoms with Crippen molar-refractivity contribution in [1.82, 2.24) is 14.5 Å². The van der Waals surface area contributed by atoms with Gasteiger partial charge < -0.3 is 9.88 Å². The number of benzene rings is 3. The predicted octanol–water partition coefficient (Wildman–Crippen LogP) is 6.52. The Balaban J connectivity index is 1.30. The molecule has 1 amide bonds. The monoisotopic (exact) mass is 484 g/mol. The predicted molar refractivity (Wildman–Crippen MR) is 141 cm³/mol. The molecule has 1 N–H and O–H groups in total. The minimum absolute atomic E-state index is 0.0828. The summed E-state index contributed by atoms with van der Waals surface area (Å²) in [7, 11) is 0. The second-order valence-electron chi connectivity index (χ2n) is 7.92. The van der Waals surface area contributed by atoms with Crippen molar-refractivity contribution >= 4 is 45.2 Å². The number of carbonyl (C=O) groups excluding carboxylic acids is 1. The summed E-state index contributed by atoms with van der Waals surface area (Å²) in [5.41, 5.74) is 5.21. The Hall–Kier alpha value is -3.42. The van der Waals surface area contributed by atoms with Gasteiger partial charge in [0.2, 0.25) is 5.91 Å². The van der Waals surface area contributed by atoms with Gasteiger partial charge in [-0.1, -0.05) is 84.6 Å². The summed E-state index contributed by atoms with van der Waals surface area (Å²) in [4.78, 5) is 22.4. The summed E-state index contributed by atoms with van der Waals surface area (Å²) in [5, 5.41) is 6.07. The van der Waals surface area contributed by atoms with Gasteiger partial charge in [-0.15, -0.1) is 11.3 Å². The van der Waals surface area contributed by atoms with Crippen LogP contribution in [0.3, 0.4) is 0 Å². The first-order valence-electron chi connectivity index (χ1n) is 11.1. The lowest BCUT2D eigenvalue weighted by atomic mass is 10.1. The highest BCUT2D eigenvalue weighted by molar-refractivity contribution is 8.00. The quantitative estimate of drug-likeness (QED) is 0.255. The highest BCUT2D eigenvalue weighted by Crippen LogP contribution is 2.29. The Morgan fingerprint density at radius 1 is 0.971 bits per heavy atom. The van der Waals surface area contributed by atoms with Crippen LogP contribution >= 0.6 is 23.1 Å². The molecule has 34 heavy (non-hydrogen) atoms. The number of anilines is 1. The smallest absolute Gasteiger partial charge is 0.239 e. The van der Waals surface area contributed by atoms with Gasteiger partial charge in [-0.2, -0.15) is 0 Å². The fraction of sp³-hybridized carbons (Fsp3) is 0.148. The van der Waals surface area contributed by atoms with Crippen molar-refractivity contribution < 1.29 is 4.79 Å². The minimum Gasteiger partial charge on any atom is -0.319 e. The highest BCUT2D eigenvalue weighted by Gasteiger charge is 2.20. The summed E-state index contributed by atoms with van der Waals surface area (Å²) < 4.78 is 2.22. The average Bonchev–Trinajstić information content (AvgIpc) is 3.48. The molecular formula is C27H24N4OS2. The number of fused-ring (bicyclic) bond motifs is 1. The van der Waals surface area contributed by atoms with Gasteiger partial charge in [0.15, 0.2) is 10.3 Å². The van der Waals surface area contributed by atoms with Crippen molar-refractivity contribution in [3.8, 4) is 11.3 Å². The maximum absolute atomic E-state index is 13.0. The first-order chi connectivity index (χ1) is 16.7. The molecule has 0 aliphatic rings. The van der Waals surface area contributed by atoms with Crippen LogP contribution in [0.5, 0.6) is 0 Å². The molecule has 0 saturated carbocycles. The van der Waals surface area contributed by atoms with Gasteiger partial charge in [0.1, 0.15) is 0 Å². The molecule has 0 bridgehead atoms. The first-order valence-corrected chi connectivity index (χ1v) is 12.9. The molecule has 5 nitrogen and oxygen atoms in total. The van der Waals surface area contributed by atoms with Crippen molar-refractivity contribution in [2.45, 2.75) is 30.3 Å². The average molecular weight is 485 g/mol. The number of hydrogen-bond acceptors (Lipinski definition) is 5. The topological polar surface area (TPSA) is 59.8 Å². The van der Waals surface area contributed by atoms with Crippen LogP contribution in [0.2, 0.25) is 0 Å². The zero-order valence-corrected chi connectivity index (χ0v) is 20.4. The van der Waals surface area contributed by atoms with E-state index < -0.39 is 0 Å². The lowest BCUT2D eigenvalue weighted by Crippen LogP contribution is -2.23. The molecule has 0 aliphatic carbocycles. The van der Waals surface area contributed by atoms with E-state index in [0.717, 1.165) is 40.4 Å². The molecule has 2 heterocycles. The summed E-state index contributed by atoms with van der Waals surface area (Å²) in [5.74, 6) is -0.0828. The second-order valence-corrected chi connectivity index (χ2v) is 10.1. The number of hydrogen-bond donors (Lipinski definition) is 1. The highest BCUT2D eigenvalue weighted by atomic mass is 32.2. The summed E-state index contributed by atoms with van der Waals surface area (Å²) >= 11 is 2.91. The lowest BCUT2D eigenvalue weighted by Gasteiger charge is -2.13. The molecule has 0 fully saturated rings. The number of aryl methyl sites for hydroxylation is 2. The van der Waals surface area contributed by atoms with E-state index in [4.69, 9.17) is 4.98 Å². The Bertz CT molecular complexity index is 1400. The first kappa shape index (κ1) is 22.4. The molecule has 1 atom stereocenters. The molecule has 3 aromatic carbocycles. The van der Waals surface area contributed by atoms with Gasteiger partial charge in [0, 0.05) is 17.5 Å². The number of para-hydroxylation sites is 2. The van der Waals surface area contributed by atoms with Crippen LogP contribution in [0.25, 0.3) is 22.3 Å². The van der Waals surface area contributed by atoms with E-state index in [2.05, 4.69) is 45.2 Å². The van der Waals surface area contributed by atoms with Crippen LogP contribution < -0.4 is 5.32 Å².